The number of Topliss-reactive ketones (excluding diaryl/α,β-unsaturated/α-hetero) is 1. The molecule has 7 atom stereocenters. The molecule has 2 heterocycles. The molecule has 2 aliphatic heterocycles. The van der Waals surface area contributed by atoms with Gasteiger partial charge in [-0.15, -0.1) is 0 Å². The number of epoxide rings is 1. The van der Waals surface area contributed by atoms with E-state index in [1.54, 1.807) is 6.92 Å². The Morgan fingerprint density at radius 1 is 1.27 bits per heavy atom. The Kier molecular flexibility index (Phi) is 2.76. The fraction of sp³-hybridized carbons (Fsp3) is 0.889. The minimum absolute atomic E-state index is 0.0226. The summed E-state index contributed by atoms with van der Waals surface area (Å²) in [5, 5.41) is 0. The van der Waals surface area contributed by atoms with Crippen LogP contribution in [0.5, 0.6) is 0 Å². The quantitative estimate of drug-likeness (QED) is 0.581. The van der Waals surface area contributed by atoms with E-state index in [9.17, 15) is 9.59 Å². The van der Waals surface area contributed by atoms with Crippen LogP contribution in [0.15, 0.2) is 0 Å². The largest absolute Gasteiger partial charge is 0.459 e. The lowest BCUT2D eigenvalue weighted by Gasteiger charge is -2.53. The average molecular weight is 306 g/mol. The lowest BCUT2D eigenvalue weighted by molar-refractivity contribution is -0.154. The molecule has 1 spiro atoms. The zero-order valence-corrected chi connectivity index (χ0v) is 14.0. The lowest BCUT2D eigenvalue weighted by atomic mass is 9.49. The molecule has 0 radical (unpaired) electrons. The van der Waals surface area contributed by atoms with Gasteiger partial charge in [-0.05, 0) is 45.4 Å². The molecule has 0 aromatic rings. The van der Waals surface area contributed by atoms with Gasteiger partial charge in [0.1, 0.15) is 17.5 Å². The van der Waals surface area contributed by atoms with E-state index in [4.69, 9.17) is 9.47 Å². The lowest BCUT2D eigenvalue weighted by Crippen LogP contribution is -2.60. The van der Waals surface area contributed by atoms with E-state index in [1.807, 2.05) is 6.92 Å². The first kappa shape index (κ1) is 14.7. The highest BCUT2D eigenvalue weighted by Crippen LogP contribution is 2.74. The van der Waals surface area contributed by atoms with Crippen LogP contribution in [0.3, 0.4) is 0 Å². The third-order valence-corrected chi connectivity index (χ3v) is 7.43. The van der Waals surface area contributed by atoms with Gasteiger partial charge in [0.2, 0.25) is 0 Å². The normalized spacial score (nSPS) is 55.7. The van der Waals surface area contributed by atoms with Gasteiger partial charge in [-0.25, -0.2) is 0 Å². The van der Waals surface area contributed by atoms with Gasteiger partial charge in [-0.2, -0.15) is 0 Å². The summed E-state index contributed by atoms with van der Waals surface area (Å²) in [6, 6.07) is 0. The predicted molar refractivity (Wildman–Crippen MR) is 80.1 cm³/mol. The number of rotatable bonds is 2. The Morgan fingerprint density at radius 3 is 2.68 bits per heavy atom. The molecule has 0 aromatic carbocycles. The van der Waals surface area contributed by atoms with Crippen molar-refractivity contribution in [3.63, 3.8) is 0 Å². The van der Waals surface area contributed by atoms with Gasteiger partial charge in [0.05, 0.1) is 11.5 Å². The van der Waals surface area contributed by atoms with Crippen molar-refractivity contribution in [3.05, 3.63) is 0 Å². The van der Waals surface area contributed by atoms with Gasteiger partial charge in [0, 0.05) is 17.8 Å². The van der Waals surface area contributed by atoms with Crippen LogP contribution in [0, 0.1) is 23.2 Å². The molecule has 0 aromatic heterocycles. The summed E-state index contributed by atoms with van der Waals surface area (Å²) in [5.74, 6) is 0.782. The van der Waals surface area contributed by atoms with Crippen molar-refractivity contribution in [2.75, 3.05) is 0 Å². The van der Waals surface area contributed by atoms with E-state index < -0.39 is 0 Å². The number of ether oxygens (including phenoxy) is 2. The summed E-state index contributed by atoms with van der Waals surface area (Å²) in [5.41, 5.74) is -0.596. The molecule has 2 saturated heterocycles. The molecule has 0 amide bonds. The van der Waals surface area contributed by atoms with Gasteiger partial charge in [0.25, 0.3) is 0 Å². The zero-order chi connectivity index (χ0) is 15.9. The Labute approximate surface area is 131 Å². The summed E-state index contributed by atoms with van der Waals surface area (Å²) in [6.07, 6.45) is 4.55. The summed E-state index contributed by atoms with van der Waals surface area (Å²) in [6.45, 7) is 8.12. The highest BCUT2D eigenvalue weighted by molar-refractivity contribution is 5.76. The maximum atomic E-state index is 12.1. The van der Waals surface area contributed by atoms with Crippen molar-refractivity contribution in [1.29, 1.82) is 0 Å². The predicted octanol–water partition coefficient (Wildman–Crippen LogP) is 2.88. The van der Waals surface area contributed by atoms with Gasteiger partial charge in [-0.1, -0.05) is 13.8 Å². The molecular weight excluding hydrogens is 280 g/mol. The molecule has 0 N–H and O–H groups in total. The second-order valence-corrected chi connectivity index (χ2v) is 8.48. The summed E-state index contributed by atoms with van der Waals surface area (Å²) in [7, 11) is 0. The molecule has 122 valence electrons. The molecule has 2 saturated carbocycles. The van der Waals surface area contributed by atoms with Crippen LogP contribution in [0.4, 0.5) is 0 Å². The number of carbonyl (C=O) groups is 2. The maximum absolute atomic E-state index is 12.1. The average Bonchev–Trinajstić information content (AvgIpc) is 2.98. The minimum atomic E-state index is -0.359. The number of hydrogen-bond acceptors (Lipinski definition) is 4. The van der Waals surface area contributed by atoms with Crippen LogP contribution >= 0.6 is 0 Å². The minimum Gasteiger partial charge on any atom is -0.459 e. The van der Waals surface area contributed by atoms with Crippen molar-refractivity contribution < 1.29 is 19.1 Å². The zero-order valence-electron chi connectivity index (χ0n) is 14.0. The number of fused-ring (bicyclic) bond motifs is 1. The first-order valence-electron chi connectivity index (χ1n) is 8.65. The Hall–Kier alpha value is -0.900. The summed E-state index contributed by atoms with van der Waals surface area (Å²) >= 11 is 0. The third-order valence-electron chi connectivity index (χ3n) is 7.43. The van der Waals surface area contributed by atoms with Crippen molar-refractivity contribution in [1.82, 2.24) is 0 Å². The molecule has 22 heavy (non-hydrogen) atoms. The van der Waals surface area contributed by atoms with Crippen molar-refractivity contribution in [2.45, 2.75) is 77.1 Å². The van der Waals surface area contributed by atoms with E-state index in [-0.39, 0.29) is 46.3 Å². The smallest absolute Gasteiger partial charge is 0.309 e. The Morgan fingerprint density at radius 2 is 2.00 bits per heavy atom. The van der Waals surface area contributed by atoms with E-state index in [1.165, 1.54) is 0 Å². The summed E-state index contributed by atoms with van der Waals surface area (Å²) < 4.78 is 12.2. The fourth-order valence-corrected chi connectivity index (χ4v) is 6.12. The molecule has 4 nitrogen and oxygen atoms in total. The van der Waals surface area contributed by atoms with Gasteiger partial charge in [0.15, 0.2) is 0 Å². The van der Waals surface area contributed by atoms with Crippen LogP contribution < -0.4 is 0 Å². The first-order valence-corrected chi connectivity index (χ1v) is 8.65. The Balaban J connectivity index is 1.75. The van der Waals surface area contributed by atoms with Crippen molar-refractivity contribution in [2.24, 2.45) is 23.2 Å². The third kappa shape index (κ3) is 1.48. The second kappa shape index (κ2) is 4.14. The van der Waals surface area contributed by atoms with E-state index in [0.29, 0.717) is 12.3 Å². The van der Waals surface area contributed by atoms with Crippen LogP contribution in [0.1, 0.15) is 59.8 Å². The molecule has 4 aliphatic rings. The fourth-order valence-electron chi connectivity index (χ4n) is 6.12. The van der Waals surface area contributed by atoms with Crippen molar-refractivity contribution in [3.8, 4) is 0 Å². The number of ketones is 1. The molecule has 0 bridgehead atoms. The molecular formula is C18H26O4. The monoisotopic (exact) mass is 306 g/mol. The van der Waals surface area contributed by atoms with Crippen LogP contribution in [-0.2, 0) is 19.1 Å². The first-order chi connectivity index (χ1) is 10.3. The highest BCUT2D eigenvalue weighted by Gasteiger charge is 2.84. The van der Waals surface area contributed by atoms with Crippen LogP contribution in [-0.4, -0.2) is 29.1 Å². The van der Waals surface area contributed by atoms with E-state index in [2.05, 4.69) is 13.8 Å². The molecule has 4 fully saturated rings. The van der Waals surface area contributed by atoms with E-state index >= 15 is 0 Å². The second-order valence-electron chi connectivity index (χ2n) is 8.48. The summed E-state index contributed by atoms with van der Waals surface area (Å²) in [4.78, 5) is 23.8. The number of esters is 1. The van der Waals surface area contributed by atoms with Crippen molar-refractivity contribution >= 4 is 11.8 Å². The maximum Gasteiger partial charge on any atom is 0.309 e. The van der Waals surface area contributed by atoms with Gasteiger partial charge in [-0.3, -0.25) is 4.79 Å². The highest BCUT2D eigenvalue weighted by atomic mass is 16.7. The van der Waals surface area contributed by atoms with Gasteiger partial charge < -0.3 is 14.3 Å². The topological polar surface area (TPSA) is 55.9 Å². The van der Waals surface area contributed by atoms with Crippen LogP contribution in [0.2, 0.25) is 0 Å². The molecule has 4 heteroatoms. The number of hydrogen-bond donors (Lipinski definition) is 0. The Bertz CT molecular complexity index is 557. The standard InChI is InChI=1S/C18H26O4/c1-10(19)9-12-5-8-17(4)18(22-17)14-13(6-7-16(12,18)3)11(2)15(20)21-14/h11-14H,5-9H2,1-4H3. The number of carbonyl (C=O) groups excluding carboxylic acids is 2. The molecule has 7 unspecified atom stereocenters. The SMILES string of the molecule is CC(=O)CC1CCC2(C)OC23C2OC(=O)C(C)C2CCC13C. The molecule has 2 aliphatic carbocycles. The van der Waals surface area contributed by atoms with E-state index in [0.717, 1.165) is 25.7 Å². The van der Waals surface area contributed by atoms with Crippen LogP contribution in [0.25, 0.3) is 0 Å². The van der Waals surface area contributed by atoms with Gasteiger partial charge >= 0.3 is 5.97 Å². The molecule has 4 rings (SSSR count).